The molecule has 0 radical (unpaired) electrons. The summed E-state index contributed by atoms with van der Waals surface area (Å²) < 4.78 is 22.0. The summed E-state index contributed by atoms with van der Waals surface area (Å²) in [5.74, 6) is 2.15. The largest absolute Gasteiger partial charge is 0.528 e. The molecule has 0 amide bonds. The summed E-state index contributed by atoms with van der Waals surface area (Å²) in [6.07, 6.45) is -0.0259. The van der Waals surface area contributed by atoms with Gasteiger partial charge < -0.3 is 28.9 Å². The minimum absolute atomic E-state index is 0.0400. The van der Waals surface area contributed by atoms with Crippen molar-refractivity contribution in [3.63, 3.8) is 0 Å². The summed E-state index contributed by atoms with van der Waals surface area (Å²) in [6.45, 7) is 7.13. The molecule has 8 heteroatoms. The Morgan fingerprint density at radius 3 is 2.35 bits per heavy atom. The number of hydrogen-bond donors (Lipinski definition) is 1. The first-order valence-electron chi connectivity index (χ1n) is 11.6. The number of carbonyl (C=O) groups excluding carboxylic acids is 1. The van der Waals surface area contributed by atoms with Gasteiger partial charge in [0.2, 0.25) is 0 Å². The number of para-hydroxylation sites is 2. The molecule has 0 aromatic heterocycles. The lowest BCUT2D eigenvalue weighted by atomic mass is 9.88. The Morgan fingerprint density at radius 2 is 1.71 bits per heavy atom. The highest BCUT2D eigenvalue weighted by Gasteiger charge is 2.32. The molecule has 0 bridgehead atoms. The van der Waals surface area contributed by atoms with Crippen LogP contribution in [0.4, 0.5) is 4.79 Å². The molecule has 34 heavy (non-hydrogen) atoms. The zero-order valence-corrected chi connectivity index (χ0v) is 20.4. The zero-order chi connectivity index (χ0) is 24.6. The number of piperidine rings is 1. The monoisotopic (exact) mass is 473 g/mol. The molecule has 2 aromatic carbocycles. The van der Waals surface area contributed by atoms with Crippen LogP contribution in [-0.4, -0.2) is 61.4 Å². The second-order valence-electron chi connectivity index (χ2n) is 9.18. The number of aliphatic hydroxyl groups is 1. The summed E-state index contributed by atoms with van der Waals surface area (Å²) in [6, 6.07) is 15.3. The fraction of sp³-hybridized carbons (Fsp3) is 0.500. The Morgan fingerprint density at radius 1 is 1.03 bits per heavy atom. The second kappa shape index (κ2) is 11.9. The second-order valence-corrected chi connectivity index (χ2v) is 9.18. The van der Waals surface area contributed by atoms with E-state index in [1.54, 1.807) is 27.9 Å². The molecule has 1 heterocycles. The zero-order valence-electron chi connectivity index (χ0n) is 20.4. The van der Waals surface area contributed by atoms with E-state index in [-0.39, 0.29) is 12.5 Å². The average Bonchev–Trinajstić information content (AvgIpc) is 2.78. The molecule has 1 N–H and O–H groups in total. The highest BCUT2D eigenvalue weighted by atomic mass is 16.8. The molecule has 2 atom stereocenters. The van der Waals surface area contributed by atoms with Crippen molar-refractivity contribution in [3.8, 4) is 17.2 Å². The Balaban J connectivity index is 1.40. The van der Waals surface area contributed by atoms with E-state index in [9.17, 15) is 9.90 Å². The third-order valence-electron chi connectivity index (χ3n) is 5.33. The van der Waals surface area contributed by atoms with Gasteiger partial charge in [0.15, 0.2) is 11.5 Å². The molecule has 186 valence electrons. The summed E-state index contributed by atoms with van der Waals surface area (Å²) in [5, 5.41) is 12.1. The van der Waals surface area contributed by atoms with E-state index in [4.69, 9.17) is 23.8 Å². The normalized spacial score (nSPS) is 18.7. The van der Waals surface area contributed by atoms with E-state index in [2.05, 4.69) is 0 Å². The SMILES string of the molecule is COc1ccccc1OCCCOc1ccc(C2CCN(OC(=O)OC(C)(C)C)CC2O)cc1. The fourth-order valence-electron chi connectivity index (χ4n) is 3.73. The molecular formula is C26H35NO7. The predicted molar refractivity (Wildman–Crippen MR) is 127 cm³/mol. The Bertz CT molecular complexity index is 910. The van der Waals surface area contributed by atoms with Crippen LogP contribution in [0.1, 0.15) is 45.1 Å². The quantitative estimate of drug-likeness (QED) is 0.419. The van der Waals surface area contributed by atoms with Crippen molar-refractivity contribution in [2.75, 3.05) is 33.4 Å². The molecule has 8 nitrogen and oxygen atoms in total. The van der Waals surface area contributed by atoms with Gasteiger partial charge in [-0.25, -0.2) is 4.79 Å². The lowest BCUT2D eigenvalue weighted by molar-refractivity contribution is -0.170. The molecule has 2 unspecified atom stereocenters. The summed E-state index contributed by atoms with van der Waals surface area (Å²) in [7, 11) is 1.62. The number of rotatable bonds is 9. The highest BCUT2D eigenvalue weighted by Crippen LogP contribution is 2.30. The van der Waals surface area contributed by atoms with Crippen LogP contribution in [-0.2, 0) is 9.57 Å². The van der Waals surface area contributed by atoms with Gasteiger partial charge in [0, 0.05) is 18.9 Å². The Hall–Kier alpha value is -2.97. The van der Waals surface area contributed by atoms with Crippen LogP contribution in [0, 0.1) is 0 Å². The molecule has 3 rings (SSSR count). The van der Waals surface area contributed by atoms with Crippen LogP contribution in [0.15, 0.2) is 48.5 Å². The molecule has 1 fully saturated rings. The molecule has 0 spiro atoms. The summed E-state index contributed by atoms with van der Waals surface area (Å²) in [4.78, 5) is 17.1. The van der Waals surface area contributed by atoms with E-state index >= 15 is 0 Å². The number of benzene rings is 2. The van der Waals surface area contributed by atoms with Crippen LogP contribution in [0.25, 0.3) is 0 Å². The van der Waals surface area contributed by atoms with E-state index < -0.39 is 17.9 Å². The fourth-order valence-corrected chi connectivity index (χ4v) is 3.73. The molecule has 0 aliphatic carbocycles. The van der Waals surface area contributed by atoms with E-state index in [1.165, 1.54) is 5.06 Å². The van der Waals surface area contributed by atoms with Gasteiger partial charge in [0.05, 0.1) is 33.0 Å². The van der Waals surface area contributed by atoms with Gasteiger partial charge in [0.1, 0.15) is 11.4 Å². The maximum absolute atomic E-state index is 11.9. The molecule has 0 saturated carbocycles. The van der Waals surface area contributed by atoms with Crippen molar-refractivity contribution < 1.29 is 33.7 Å². The first kappa shape index (κ1) is 25.6. The van der Waals surface area contributed by atoms with Crippen LogP contribution >= 0.6 is 0 Å². The van der Waals surface area contributed by atoms with Gasteiger partial charge in [-0.1, -0.05) is 24.3 Å². The van der Waals surface area contributed by atoms with E-state index in [0.717, 1.165) is 23.5 Å². The van der Waals surface area contributed by atoms with Crippen molar-refractivity contribution >= 4 is 6.16 Å². The molecular weight excluding hydrogens is 438 g/mol. The minimum Gasteiger partial charge on any atom is -0.493 e. The number of carbonyl (C=O) groups is 1. The van der Waals surface area contributed by atoms with E-state index in [0.29, 0.717) is 31.9 Å². The first-order chi connectivity index (χ1) is 16.2. The summed E-state index contributed by atoms with van der Waals surface area (Å²) >= 11 is 0. The van der Waals surface area contributed by atoms with Gasteiger partial charge in [-0.15, -0.1) is 5.06 Å². The van der Waals surface area contributed by atoms with Crippen molar-refractivity contribution in [2.45, 2.75) is 51.2 Å². The Kier molecular flexibility index (Phi) is 9.01. The number of methoxy groups -OCH3 is 1. The number of hydrogen-bond acceptors (Lipinski definition) is 8. The maximum Gasteiger partial charge on any atom is 0.528 e. The molecule has 2 aromatic rings. The van der Waals surface area contributed by atoms with Gasteiger partial charge in [-0.2, -0.15) is 0 Å². The van der Waals surface area contributed by atoms with Crippen molar-refractivity contribution in [1.82, 2.24) is 5.06 Å². The maximum atomic E-state index is 11.9. The Labute approximate surface area is 201 Å². The molecule has 1 aliphatic rings. The predicted octanol–water partition coefficient (Wildman–Crippen LogP) is 4.56. The van der Waals surface area contributed by atoms with Gasteiger partial charge in [-0.3, -0.25) is 0 Å². The van der Waals surface area contributed by atoms with E-state index in [1.807, 2.05) is 48.5 Å². The van der Waals surface area contributed by atoms with Crippen molar-refractivity contribution in [1.29, 1.82) is 0 Å². The van der Waals surface area contributed by atoms with Crippen LogP contribution in [0.5, 0.6) is 17.2 Å². The average molecular weight is 474 g/mol. The number of aliphatic hydroxyl groups excluding tert-OH is 1. The third kappa shape index (κ3) is 7.81. The number of nitrogens with zero attached hydrogens (tertiary/aromatic N) is 1. The number of hydroxylamine groups is 2. The van der Waals surface area contributed by atoms with Gasteiger partial charge >= 0.3 is 6.16 Å². The lowest BCUT2D eigenvalue weighted by Gasteiger charge is -2.34. The van der Waals surface area contributed by atoms with Crippen LogP contribution in [0.3, 0.4) is 0 Å². The number of ether oxygens (including phenoxy) is 4. The molecule has 1 saturated heterocycles. The molecule has 1 aliphatic heterocycles. The van der Waals surface area contributed by atoms with Crippen LogP contribution < -0.4 is 14.2 Å². The first-order valence-corrected chi connectivity index (χ1v) is 11.6. The van der Waals surface area contributed by atoms with Crippen LogP contribution in [0.2, 0.25) is 0 Å². The summed E-state index contributed by atoms with van der Waals surface area (Å²) in [5.41, 5.74) is 0.400. The third-order valence-corrected chi connectivity index (χ3v) is 5.33. The highest BCUT2D eigenvalue weighted by molar-refractivity contribution is 5.60. The van der Waals surface area contributed by atoms with Crippen molar-refractivity contribution in [3.05, 3.63) is 54.1 Å². The smallest absolute Gasteiger partial charge is 0.493 e. The number of β-amino-alcohol motifs (C(OH)–C–C–N with tert-alkyl or cyclic N) is 1. The lowest BCUT2D eigenvalue weighted by Crippen LogP contribution is -2.44. The topological polar surface area (TPSA) is 86.7 Å². The van der Waals surface area contributed by atoms with Gasteiger partial charge in [-0.05, 0) is 57.0 Å². The minimum atomic E-state index is -0.757. The van der Waals surface area contributed by atoms with Gasteiger partial charge in [0.25, 0.3) is 0 Å². The van der Waals surface area contributed by atoms with Crippen molar-refractivity contribution in [2.24, 2.45) is 0 Å². The standard InChI is InChI=1S/C26H35NO7/c1-26(2,3)33-25(29)34-27-15-14-21(22(28)18-27)19-10-12-20(13-11-19)31-16-7-17-32-24-9-6-5-8-23(24)30-4/h5-6,8-13,21-22,28H,7,14-18H2,1-4H3.